The molecule has 3 heterocycles. The van der Waals surface area contributed by atoms with E-state index in [0.717, 1.165) is 5.56 Å². The minimum absolute atomic E-state index is 0.121. The lowest BCUT2D eigenvalue weighted by Gasteiger charge is -2.12. The van der Waals surface area contributed by atoms with E-state index in [0.29, 0.717) is 46.3 Å². The number of amides is 1. The minimum atomic E-state index is -0.192. The molecule has 1 aliphatic rings. The molecule has 0 atom stereocenters. The van der Waals surface area contributed by atoms with Crippen LogP contribution in [0.5, 0.6) is 23.1 Å². The first-order valence-corrected chi connectivity index (χ1v) is 10.5. The molecule has 0 unspecified atom stereocenters. The molecule has 0 radical (unpaired) electrons. The molecule has 1 amide bonds. The molecule has 10 nitrogen and oxygen atoms in total. The lowest BCUT2D eigenvalue weighted by Crippen LogP contribution is -2.15. The van der Waals surface area contributed by atoms with E-state index in [-0.39, 0.29) is 18.5 Å². The average Bonchev–Trinajstić information content (AvgIpc) is 3.44. The fourth-order valence-electron chi connectivity index (χ4n) is 3.09. The zero-order chi connectivity index (χ0) is 21.8. The summed E-state index contributed by atoms with van der Waals surface area (Å²) >= 11 is 1.29. The van der Waals surface area contributed by atoms with Gasteiger partial charge in [0.2, 0.25) is 12.7 Å². The van der Waals surface area contributed by atoms with Crippen LogP contribution in [0.25, 0.3) is 11.4 Å². The number of hydrogen-bond acceptors (Lipinski definition) is 9. The van der Waals surface area contributed by atoms with E-state index in [1.807, 2.05) is 11.5 Å². The Kier molecular flexibility index (Phi) is 6.12. The zero-order valence-corrected chi connectivity index (χ0v) is 18.1. The number of rotatable bonds is 8. The Morgan fingerprint density at radius 1 is 1.23 bits per heavy atom. The maximum absolute atomic E-state index is 12.5. The molecular formula is C20H21N5O5S. The summed E-state index contributed by atoms with van der Waals surface area (Å²) in [6.45, 7) is 2.73. The molecule has 0 bridgehead atoms. The van der Waals surface area contributed by atoms with Crippen molar-refractivity contribution in [1.29, 1.82) is 0 Å². The van der Waals surface area contributed by atoms with E-state index < -0.39 is 0 Å². The van der Waals surface area contributed by atoms with Crippen LogP contribution in [0.15, 0.2) is 35.6 Å². The predicted molar refractivity (Wildman–Crippen MR) is 114 cm³/mol. The number of benzene rings is 1. The molecule has 31 heavy (non-hydrogen) atoms. The fraction of sp³-hybridized carbons (Fsp3) is 0.300. The molecule has 3 aromatic rings. The SMILES string of the molecule is CCn1c(SCC(=O)Nc2ccc(OC)cc2OC)nnc1-c1ccnc2c1OCO2. The number of ether oxygens (including phenoxy) is 4. The Labute approximate surface area is 182 Å². The molecular weight excluding hydrogens is 422 g/mol. The summed E-state index contributed by atoms with van der Waals surface area (Å²) in [5, 5.41) is 12.0. The quantitative estimate of drug-likeness (QED) is 0.526. The summed E-state index contributed by atoms with van der Waals surface area (Å²) in [5.74, 6) is 2.74. The third-order valence-electron chi connectivity index (χ3n) is 4.56. The number of carbonyl (C=O) groups is 1. The van der Waals surface area contributed by atoms with Crippen molar-refractivity contribution in [3.05, 3.63) is 30.5 Å². The van der Waals surface area contributed by atoms with Crippen LogP contribution in [0.3, 0.4) is 0 Å². The van der Waals surface area contributed by atoms with Crippen LogP contribution >= 0.6 is 11.8 Å². The highest BCUT2D eigenvalue weighted by Gasteiger charge is 2.24. The number of nitrogens with zero attached hydrogens (tertiary/aromatic N) is 4. The van der Waals surface area contributed by atoms with Crippen LogP contribution in [0.1, 0.15) is 6.92 Å². The van der Waals surface area contributed by atoms with Crippen LogP contribution < -0.4 is 24.3 Å². The second-order valence-electron chi connectivity index (χ2n) is 6.35. The van der Waals surface area contributed by atoms with Crippen molar-refractivity contribution in [2.45, 2.75) is 18.6 Å². The average molecular weight is 443 g/mol. The van der Waals surface area contributed by atoms with E-state index in [2.05, 4.69) is 20.5 Å². The van der Waals surface area contributed by atoms with Crippen molar-refractivity contribution in [2.24, 2.45) is 0 Å². The lowest BCUT2D eigenvalue weighted by molar-refractivity contribution is -0.113. The number of methoxy groups -OCH3 is 2. The third kappa shape index (κ3) is 4.22. The minimum Gasteiger partial charge on any atom is -0.497 e. The smallest absolute Gasteiger partial charge is 0.260 e. The van der Waals surface area contributed by atoms with Gasteiger partial charge >= 0.3 is 0 Å². The second kappa shape index (κ2) is 9.13. The Morgan fingerprint density at radius 3 is 2.87 bits per heavy atom. The molecule has 1 N–H and O–H groups in total. The highest BCUT2D eigenvalue weighted by atomic mass is 32.2. The van der Waals surface area contributed by atoms with E-state index >= 15 is 0 Å². The summed E-state index contributed by atoms with van der Waals surface area (Å²) in [6, 6.07) is 7.01. The standard InChI is InChI=1S/C20H21N5O5S/c1-4-25-18(13-7-8-21-19-17(13)29-11-30-19)23-24-20(25)31-10-16(26)22-14-6-5-12(27-2)9-15(14)28-3/h5-9H,4,10-11H2,1-3H3,(H,22,26). The van der Waals surface area contributed by atoms with Gasteiger partial charge < -0.3 is 28.8 Å². The molecule has 1 aromatic carbocycles. The van der Waals surface area contributed by atoms with Crippen LogP contribution in [0.4, 0.5) is 5.69 Å². The number of anilines is 1. The molecule has 11 heteroatoms. The highest BCUT2D eigenvalue weighted by Crippen LogP contribution is 2.39. The van der Waals surface area contributed by atoms with Gasteiger partial charge in [0.15, 0.2) is 16.7 Å². The van der Waals surface area contributed by atoms with Crippen molar-refractivity contribution in [2.75, 3.05) is 32.1 Å². The number of aromatic nitrogens is 4. The van der Waals surface area contributed by atoms with Gasteiger partial charge in [0.05, 0.1) is 31.2 Å². The number of thioether (sulfide) groups is 1. The molecule has 2 aromatic heterocycles. The van der Waals surface area contributed by atoms with E-state index in [4.69, 9.17) is 18.9 Å². The summed E-state index contributed by atoms with van der Waals surface area (Å²) < 4.78 is 23.3. The molecule has 0 spiro atoms. The van der Waals surface area contributed by atoms with Gasteiger partial charge in [0.1, 0.15) is 11.5 Å². The topological polar surface area (TPSA) is 110 Å². The van der Waals surface area contributed by atoms with Gasteiger partial charge in [0.25, 0.3) is 5.88 Å². The fourth-order valence-corrected chi connectivity index (χ4v) is 3.89. The van der Waals surface area contributed by atoms with Crippen molar-refractivity contribution in [1.82, 2.24) is 19.7 Å². The normalized spacial score (nSPS) is 12.0. The first-order chi connectivity index (χ1) is 15.1. The van der Waals surface area contributed by atoms with Gasteiger partial charge in [-0.15, -0.1) is 10.2 Å². The lowest BCUT2D eigenvalue weighted by atomic mass is 10.2. The van der Waals surface area contributed by atoms with E-state index in [1.165, 1.54) is 18.9 Å². The Balaban J connectivity index is 1.48. The van der Waals surface area contributed by atoms with Gasteiger partial charge in [-0.3, -0.25) is 4.79 Å². The third-order valence-corrected chi connectivity index (χ3v) is 5.53. The summed E-state index contributed by atoms with van der Waals surface area (Å²) in [6.07, 6.45) is 1.64. The number of pyridine rings is 1. The van der Waals surface area contributed by atoms with Crippen molar-refractivity contribution >= 4 is 23.4 Å². The highest BCUT2D eigenvalue weighted by molar-refractivity contribution is 7.99. The van der Waals surface area contributed by atoms with Gasteiger partial charge in [-0.2, -0.15) is 0 Å². The number of nitrogens with one attached hydrogen (secondary N) is 1. The van der Waals surface area contributed by atoms with Crippen molar-refractivity contribution in [3.8, 4) is 34.5 Å². The number of carbonyl (C=O) groups excluding carboxylic acids is 1. The first-order valence-electron chi connectivity index (χ1n) is 9.47. The molecule has 0 fully saturated rings. The summed E-state index contributed by atoms with van der Waals surface area (Å²) in [7, 11) is 3.11. The molecule has 1 aliphatic heterocycles. The summed E-state index contributed by atoms with van der Waals surface area (Å²) in [5.41, 5.74) is 1.31. The predicted octanol–water partition coefficient (Wildman–Crippen LogP) is 2.84. The van der Waals surface area contributed by atoms with Crippen molar-refractivity contribution < 1.29 is 23.7 Å². The zero-order valence-electron chi connectivity index (χ0n) is 17.2. The van der Waals surface area contributed by atoms with Crippen molar-refractivity contribution in [3.63, 3.8) is 0 Å². The van der Waals surface area contributed by atoms with Crippen LogP contribution in [-0.2, 0) is 11.3 Å². The maximum atomic E-state index is 12.5. The molecule has 4 rings (SSSR count). The van der Waals surface area contributed by atoms with Crippen LogP contribution in [-0.4, -0.2) is 52.4 Å². The van der Waals surface area contributed by atoms with Crippen LogP contribution in [0, 0.1) is 0 Å². The summed E-state index contributed by atoms with van der Waals surface area (Å²) in [4.78, 5) is 16.7. The largest absolute Gasteiger partial charge is 0.497 e. The molecule has 162 valence electrons. The Bertz CT molecular complexity index is 1100. The van der Waals surface area contributed by atoms with Crippen LogP contribution in [0.2, 0.25) is 0 Å². The van der Waals surface area contributed by atoms with E-state index in [1.54, 1.807) is 37.6 Å². The first kappa shape index (κ1) is 20.8. The number of hydrogen-bond donors (Lipinski definition) is 1. The molecule has 0 aliphatic carbocycles. The van der Waals surface area contributed by atoms with Gasteiger partial charge in [0, 0.05) is 18.8 Å². The number of fused-ring (bicyclic) bond motifs is 1. The molecule has 0 saturated heterocycles. The van der Waals surface area contributed by atoms with Gasteiger partial charge in [-0.25, -0.2) is 4.98 Å². The van der Waals surface area contributed by atoms with Gasteiger partial charge in [-0.1, -0.05) is 11.8 Å². The molecule has 0 saturated carbocycles. The Hall–Kier alpha value is -3.47. The maximum Gasteiger partial charge on any atom is 0.260 e. The van der Waals surface area contributed by atoms with E-state index in [9.17, 15) is 4.79 Å². The monoisotopic (exact) mass is 443 g/mol. The second-order valence-corrected chi connectivity index (χ2v) is 7.30. The van der Waals surface area contributed by atoms with Gasteiger partial charge in [-0.05, 0) is 25.1 Å². The Morgan fingerprint density at radius 2 is 2.10 bits per heavy atom.